The summed E-state index contributed by atoms with van der Waals surface area (Å²) >= 11 is 0. The van der Waals surface area contributed by atoms with Gasteiger partial charge in [-0.3, -0.25) is 9.69 Å². The first-order chi connectivity index (χ1) is 23.7. The minimum atomic E-state index is -4.40. The summed E-state index contributed by atoms with van der Waals surface area (Å²) in [7, 11) is 1.88. The Balaban J connectivity index is 1.57. The quantitative estimate of drug-likeness (QED) is 0.232. The molecule has 274 valence electrons. The van der Waals surface area contributed by atoms with E-state index in [4.69, 9.17) is 14.0 Å². The van der Waals surface area contributed by atoms with E-state index in [-0.39, 0.29) is 42.7 Å². The second-order valence-electron chi connectivity index (χ2n) is 13.2. The second kappa shape index (κ2) is 17.2. The van der Waals surface area contributed by atoms with Crippen LogP contribution in [0.25, 0.3) is 0 Å². The number of hydrogen-bond donors (Lipinski definition) is 3. The van der Waals surface area contributed by atoms with E-state index in [1.54, 1.807) is 43.9 Å². The third-order valence-electron chi connectivity index (χ3n) is 8.81. The standard InChI is InChI=1S/C36H48F3N5O6/c1-22-18-44(23(2)21-45)34(46)30-17-29(40-35(47)41-33-25(4)42-50-26(33)5)14-15-31(30)49-24(3)9-7-8-16-48-32(22)20-43(6)19-27-10-12-28(13-11-27)36(37,38)39/h10-15,17,22-24,32,45H,7-9,16,18-21H2,1-6H3,(H2,40,41,47)/t22-,23+,24-,32-/m0/s1. The number of urea groups is 1. The largest absolute Gasteiger partial charge is 0.490 e. The van der Waals surface area contributed by atoms with Gasteiger partial charge in [0, 0.05) is 37.8 Å². The van der Waals surface area contributed by atoms with Crippen molar-refractivity contribution in [3.05, 3.63) is 70.6 Å². The summed E-state index contributed by atoms with van der Waals surface area (Å²) in [4.78, 5) is 30.8. The van der Waals surface area contributed by atoms with Crippen LogP contribution in [0.15, 0.2) is 47.0 Å². The molecule has 50 heavy (non-hydrogen) atoms. The lowest BCUT2D eigenvalue weighted by Gasteiger charge is -2.36. The van der Waals surface area contributed by atoms with Gasteiger partial charge in [0.1, 0.15) is 17.1 Å². The number of alkyl halides is 3. The van der Waals surface area contributed by atoms with Crippen LogP contribution in [0.2, 0.25) is 0 Å². The van der Waals surface area contributed by atoms with Gasteiger partial charge < -0.3 is 34.6 Å². The van der Waals surface area contributed by atoms with E-state index < -0.39 is 23.8 Å². The van der Waals surface area contributed by atoms with Gasteiger partial charge in [-0.2, -0.15) is 13.2 Å². The Hall–Kier alpha value is -4.14. The molecule has 0 unspecified atom stereocenters. The number of aromatic nitrogens is 1. The van der Waals surface area contributed by atoms with Gasteiger partial charge >= 0.3 is 12.2 Å². The number of aliphatic hydroxyl groups is 1. The molecule has 0 spiro atoms. The Morgan fingerprint density at radius 2 is 1.84 bits per heavy atom. The van der Waals surface area contributed by atoms with Crippen molar-refractivity contribution in [3.8, 4) is 5.75 Å². The molecular weight excluding hydrogens is 655 g/mol. The number of anilines is 2. The molecule has 0 saturated carbocycles. The summed E-state index contributed by atoms with van der Waals surface area (Å²) in [6.45, 7) is 10.3. The number of rotatable bonds is 8. The van der Waals surface area contributed by atoms with Crippen LogP contribution in [0.3, 0.4) is 0 Å². The molecule has 1 aromatic heterocycles. The van der Waals surface area contributed by atoms with Crippen molar-refractivity contribution in [2.45, 2.75) is 84.9 Å². The normalized spacial score (nSPS) is 20.1. The maximum absolute atomic E-state index is 14.4. The molecule has 4 rings (SSSR count). The Morgan fingerprint density at radius 1 is 1.12 bits per heavy atom. The first-order valence-electron chi connectivity index (χ1n) is 16.9. The van der Waals surface area contributed by atoms with E-state index in [0.29, 0.717) is 54.7 Å². The Kier molecular flexibility index (Phi) is 13.3. The number of aryl methyl sites for hydroxylation is 2. The van der Waals surface area contributed by atoms with Crippen molar-refractivity contribution in [3.63, 3.8) is 0 Å². The Bertz CT molecular complexity index is 1560. The number of halogens is 3. The Morgan fingerprint density at radius 3 is 2.48 bits per heavy atom. The van der Waals surface area contributed by atoms with Crippen LogP contribution < -0.4 is 15.4 Å². The fourth-order valence-electron chi connectivity index (χ4n) is 5.88. The zero-order valence-electron chi connectivity index (χ0n) is 29.5. The first-order valence-corrected chi connectivity index (χ1v) is 16.9. The van der Waals surface area contributed by atoms with E-state index in [1.807, 2.05) is 25.8 Å². The molecule has 1 aliphatic heterocycles. The summed E-state index contributed by atoms with van der Waals surface area (Å²) in [6.07, 6.45) is -2.63. The zero-order valence-corrected chi connectivity index (χ0v) is 29.5. The topological polar surface area (TPSA) is 129 Å². The highest BCUT2D eigenvalue weighted by molar-refractivity contribution is 6.03. The lowest BCUT2D eigenvalue weighted by atomic mass is 10.0. The van der Waals surface area contributed by atoms with Crippen LogP contribution in [-0.4, -0.2) is 83.6 Å². The summed E-state index contributed by atoms with van der Waals surface area (Å²) in [5, 5.41) is 19.6. The number of ether oxygens (including phenoxy) is 2. The molecule has 2 heterocycles. The number of fused-ring (bicyclic) bond motifs is 1. The van der Waals surface area contributed by atoms with E-state index in [1.165, 1.54) is 12.1 Å². The van der Waals surface area contributed by atoms with E-state index in [9.17, 15) is 27.9 Å². The van der Waals surface area contributed by atoms with Gasteiger partial charge in [0.05, 0.1) is 36.0 Å². The smallest absolute Gasteiger partial charge is 0.416 e. The highest BCUT2D eigenvalue weighted by atomic mass is 19.4. The van der Waals surface area contributed by atoms with Crippen molar-refractivity contribution in [2.24, 2.45) is 5.92 Å². The number of benzene rings is 2. The zero-order chi connectivity index (χ0) is 36.6. The molecule has 0 saturated heterocycles. The average molecular weight is 704 g/mol. The lowest BCUT2D eigenvalue weighted by Crippen LogP contribution is -2.47. The monoisotopic (exact) mass is 703 g/mol. The molecule has 0 aliphatic carbocycles. The number of nitrogens with zero attached hydrogens (tertiary/aromatic N) is 3. The van der Waals surface area contributed by atoms with Crippen LogP contribution >= 0.6 is 0 Å². The van der Waals surface area contributed by atoms with Gasteiger partial charge in [-0.25, -0.2) is 4.79 Å². The van der Waals surface area contributed by atoms with Crippen LogP contribution in [0.1, 0.15) is 73.0 Å². The van der Waals surface area contributed by atoms with Crippen LogP contribution in [0, 0.1) is 19.8 Å². The molecular formula is C36H48F3N5O6. The van der Waals surface area contributed by atoms with Crippen molar-refractivity contribution in [1.82, 2.24) is 15.0 Å². The number of likely N-dealkylation sites (N-methyl/N-ethyl adjacent to an activating group) is 1. The third kappa shape index (κ3) is 10.4. The molecule has 0 bridgehead atoms. The summed E-state index contributed by atoms with van der Waals surface area (Å²) < 4.78 is 57.0. The van der Waals surface area contributed by atoms with Crippen molar-refractivity contribution in [2.75, 3.05) is 44.0 Å². The summed E-state index contributed by atoms with van der Waals surface area (Å²) in [5.41, 5.74) is 1.60. The highest BCUT2D eigenvalue weighted by Crippen LogP contribution is 2.31. The molecule has 3 aromatic rings. The van der Waals surface area contributed by atoms with Crippen molar-refractivity contribution >= 4 is 23.3 Å². The number of carbonyl (C=O) groups excluding carboxylic acids is 2. The van der Waals surface area contributed by atoms with E-state index in [0.717, 1.165) is 30.5 Å². The van der Waals surface area contributed by atoms with Gasteiger partial charge in [0.25, 0.3) is 5.91 Å². The summed E-state index contributed by atoms with van der Waals surface area (Å²) in [6, 6.07) is 8.90. The molecule has 3 N–H and O–H groups in total. The fraction of sp³-hybridized carbons (Fsp3) is 0.528. The molecule has 0 fully saturated rings. The molecule has 11 nitrogen and oxygen atoms in total. The number of nitrogens with one attached hydrogen (secondary N) is 2. The minimum absolute atomic E-state index is 0.198. The van der Waals surface area contributed by atoms with Gasteiger partial charge in [0.15, 0.2) is 5.76 Å². The van der Waals surface area contributed by atoms with Crippen molar-refractivity contribution in [1.29, 1.82) is 0 Å². The van der Waals surface area contributed by atoms with Gasteiger partial charge in [-0.15, -0.1) is 0 Å². The molecule has 2 aromatic carbocycles. The molecule has 14 heteroatoms. The Labute approximate surface area is 291 Å². The minimum Gasteiger partial charge on any atom is -0.490 e. The number of amides is 3. The summed E-state index contributed by atoms with van der Waals surface area (Å²) in [5.74, 6) is 0.235. The predicted octanol–water partition coefficient (Wildman–Crippen LogP) is 6.88. The van der Waals surface area contributed by atoms with Crippen LogP contribution in [0.5, 0.6) is 5.75 Å². The maximum atomic E-state index is 14.4. The predicted molar refractivity (Wildman–Crippen MR) is 183 cm³/mol. The van der Waals surface area contributed by atoms with Gasteiger partial charge in [0.2, 0.25) is 0 Å². The molecule has 3 amide bonds. The maximum Gasteiger partial charge on any atom is 0.416 e. The van der Waals surface area contributed by atoms with Gasteiger partial charge in [-0.1, -0.05) is 24.2 Å². The SMILES string of the molecule is Cc1noc(C)c1NC(=O)Nc1ccc2c(c1)C(=O)N([C@H](C)CO)C[C@H](C)[C@H](CN(C)Cc1ccc(C(F)(F)F)cc1)OCCCC[C@H](C)O2. The fourth-order valence-corrected chi connectivity index (χ4v) is 5.88. The average Bonchev–Trinajstić information content (AvgIpc) is 3.37. The van der Waals surface area contributed by atoms with Gasteiger partial charge in [-0.05, 0) is 89.9 Å². The van der Waals surface area contributed by atoms with Crippen molar-refractivity contribution < 1.29 is 41.9 Å². The molecule has 0 radical (unpaired) electrons. The molecule has 1 aliphatic rings. The van der Waals surface area contributed by atoms with Crippen LogP contribution in [0.4, 0.5) is 29.3 Å². The molecule has 4 atom stereocenters. The van der Waals surface area contributed by atoms with Crippen LogP contribution in [-0.2, 0) is 17.5 Å². The third-order valence-corrected chi connectivity index (χ3v) is 8.81. The van der Waals surface area contributed by atoms with E-state index in [2.05, 4.69) is 15.8 Å². The first kappa shape index (κ1) is 38.7. The highest BCUT2D eigenvalue weighted by Gasteiger charge is 2.32. The number of hydrogen-bond acceptors (Lipinski definition) is 8. The van der Waals surface area contributed by atoms with E-state index >= 15 is 0 Å². The second-order valence-corrected chi connectivity index (χ2v) is 13.2. The number of aliphatic hydroxyl groups excluding tert-OH is 1. The number of carbonyl (C=O) groups is 2. The lowest BCUT2D eigenvalue weighted by molar-refractivity contribution is -0.137.